The van der Waals surface area contributed by atoms with E-state index in [1.54, 1.807) is 6.20 Å². The minimum atomic E-state index is 0.340. The Morgan fingerprint density at radius 1 is 1.58 bits per heavy atom. The Morgan fingerprint density at radius 2 is 2.33 bits per heavy atom. The van der Waals surface area contributed by atoms with Gasteiger partial charge in [-0.25, -0.2) is 0 Å². The molecule has 12 heavy (non-hydrogen) atoms. The van der Waals surface area contributed by atoms with Crippen LogP contribution in [0.5, 0.6) is 0 Å². The monoisotopic (exact) mass is 166 g/mol. The van der Waals surface area contributed by atoms with E-state index in [-0.39, 0.29) is 0 Å². The van der Waals surface area contributed by atoms with Crippen LogP contribution in [0.15, 0.2) is 11.8 Å². The van der Waals surface area contributed by atoms with Crippen LogP contribution < -0.4 is 5.73 Å². The summed E-state index contributed by atoms with van der Waals surface area (Å²) in [6.45, 7) is 1.64. The molecule has 1 amide bonds. The summed E-state index contributed by atoms with van der Waals surface area (Å²) in [7, 11) is 0. The Balaban J connectivity index is 1.94. The zero-order valence-corrected chi connectivity index (χ0v) is 7.12. The Kier molecular flexibility index (Phi) is 1.79. The number of amides is 1. The SMILES string of the molecule is N/C=C1\CCN(C(=O)C2CC2)C1. The van der Waals surface area contributed by atoms with Crippen LogP contribution in [-0.2, 0) is 4.79 Å². The summed E-state index contributed by atoms with van der Waals surface area (Å²) in [5.41, 5.74) is 6.59. The first-order valence-corrected chi connectivity index (χ1v) is 4.49. The number of hydrogen-bond acceptors (Lipinski definition) is 2. The van der Waals surface area contributed by atoms with Gasteiger partial charge in [-0.05, 0) is 31.0 Å². The minimum absolute atomic E-state index is 0.340. The van der Waals surface area contributed by atoms with Gasteiger partial charge in [0, 0.05) is 19.0 Å². The van der Waals surface area contributed by atoms with Crippen molar-refractivity contribution in [2.75, 3.05) is 13.1 Å². The zero-order chi connectivity index (χ0) is 8.55. The number of nitrogens with two attached hydrogens (primary N) is 1. The molecule has 0 aromatic carbocycles. The average molecular weight is 166 g/mol. The predicted molar refractivity (Wildman–Crippen MR) is 46.2 cm³/mol. The van der Waals surface area contributed by atoms with Gasteiger partial charge in [0.05, 0.1) is 0 Å². The second-order valence-electron chi connectivity index (χ2n) is 3.61. The Labute approximate surface area is 72.2 Å². The van der Waals surface area contributed by atoms with E-state index in [9.17, 15) is 4.79 Å². The predicted octanol–water partition coefficient (Wildman–Crippen LogP) is 0.471. The molecule has 2 rings (SSSR count). The van der Waals surface area contributed by atoms with E-state index in [2.05, 4.69) is 0 Å². The Morgan fingerprint density at radius 3 is 2.83 bits per heavy atom. The van der Waals surface area contributed by atoms with Crippen LogP contribution in [-0.4, -0.2) is 23.9 Å². The lowest BCUT2D eigenvalue weighted by Gasteiger charge is -2.13. The fraction of sp³-hybridized carbons (Fsp3) is 0.667. The lowest BCUT2D eigenvalue weighted by Crippen LogP contribution is -2.29. The third-order valence-electron chi connectivity index (χ3n) is 2.57. The second kappa shape index (κ2) is 2.81. The number of carbonyl (C=O) groups is 1. The molecule has 0 atom stereocenters. The average Bonchev–Trinajstić information content (AvgIpc) is 2.82. The second-order valence-corrected chi connectivity index (χ2v) is 3.61. The van der Waals surface area contributed by atoms with Crippen LogP contribution in [0.2, 0.25) is 0 Å². The van der Waals surface area contributed by atoms with E-state index in [1.807, 2.05) is 4.90 Å². The van der Waals surface area contributed by atoms with Gasteiger partial charge in [-0.3, -0.25) is 4.79 Å². The lowest BCUT2D eigenvalue weighted by atomic mass is 10.3. The van der Waals surface area contributed by atoms with Gasteiger partial charge >= 0.3 is 0 Å². The van der Waals surface area contributed by atoms with Gasteiger partial charge in [0.15, 0.2) is 0 Å². The van der Waals surface area contributed by atoms with Gasteiger partial charge in [0.2, 0.25) is 5.91 Å². The molecule has 0 aromatic heterocycles. The van der Waals surface area contributed by atoms with Crippen molar-refractivity contribution in [3.63, 3.8) is 0 Å². The molecule has 1 saturated carbocycles. The number of nitrogens with zero attached hydrogens (tertiary/aromatic N) is 1. The van der Waals surface area contributed by atoms with Gasteiger partial charge in [-0.2, -0.15) is 0 Å². The Hall–Kier alpha value is -0.990. The van der Waals surface area contributed by atoms with Gasteiger partial charge in [0.1, 0.15) is 0 Å². The first-order valence-electron chi connectivity index (χ1n) is 4.49. The van der Waals surface area contributed by atoms with E-state index in [4.69, 9.17) is 5.73 Å². The van der Waals surface area contributed by atoms with E-state index in [1.165, 1.54) is 5.57 Å². The van der Waals surface area contributed by atoms with E-state index >= 15 is 0 Å². The summed E-state index contributed by atoms with van der Waals surface area (Å²) in [4.78, 5) is 13.5. The quantitative estimate of drug-likeness (QED) is 0.615. The van der Waals surface area contributed by atoms with Crippen molar-refractivity contribution in [1.29, 1.82) is 0 Å². The van der Waals surface area contributed by atoms with Crippen molar-refractivity contribution >= 4 is 5.91 Å². The van der Waals surface area contributed by atoms with E-state index < -0.39 is 0 Å². The molecule has 66 valence electrons. The van der Waals surface area contributed by atoms with Gasteiger partial charge in [0.25, 0.3) is 0 Å². The van der Waals surface area contributed by atoms with Gasteiger partial charge < -0.3 is 10.6 Å². The number of hydrogen-bond donors (Lipinski definition) is 1. The molecule has 2 fully saturated rings. The van der Waals surface area contributed by atoms with Crippen molar-refractivity contribution in [2.45, 2.75) is 19.3 Å². The Bertz CT molecular complexity index is 231. The first-order chi connectivity index (χ1) is 5.81. The molecule has 0 aromatic rings. The molecule has 1 aliphatic heterocycles. The van der Waals surface area contributed by atoms with Crippen LogP contribution in [0.4, 0.5) is 0 Å². The highest BCUT2D eigenvalue weighted by atomic mass is 16.2. The normalized spacial score (nSPS) is 26.7. The molecule has 2 N–H and O–H groups in total. The zero-order valence-electron chi connectivity index (χ0n) is 7.12. The number of likely N-dealkylation sites (tertiary alicyclic amines) is 1. The maximum Gasteiger partial charge on any atom is 0.225 e. The third kappa shape index (κ3) is 1.31. The molecule has 0 unspecified atom stereocenters. The molecular weight excluding hydrogens is 152 g/mol. The molecule has 1 saturated heterocycles. The molecule has 1 aliphatic carbocycles. The summed E-state index contributed by atoms with van der Waals surface area (Å²) >= 11 is 0. The van der Waals surface area contributed by atoms with Crippen molar-refractivity contribution in [1.82, 2.24) is 4.90 Å². The summed E-state index contributed by atoms with van der Waals surface area (Å²) in [5, 5.41) is 0. The highest BCUT2D eigenvalue weighted by molar-refractivity contribution is 5.81. The maximum absolute atomic E-state index is 11.5. The smallest absolute Gasteiger partial charge is 0.225 e. The summed E-state index contributed by atoms with van der Waals surface area (Å²) < 4.78 is 0. The molecule has 3 nitrogen and oxygen atoms in total. The minimum Gasteiger partial charge on any atom is -0.405 e. The lowest BCUT2D eigenvalue weighted by molar-refractivity contribution is -0.131. The van der Waals surface area contributed by atoms with Crippen LogP contribution in [0.3, 0.4) is 0 Å². The van der Waals surface area contributed by atoms with Crippen molar-refractivity contribution < 1.29 is 4.79 Å². The first kappa shape index (κ1) is 7.65. The fourth-order valence-electron chi connectivity index (χ4n) is 1.59. The topological polar surface area (TPSA) is 46.3 Å². The molecule has 2 aliphatic rings. The molecule has 3 heteroatoms. The van der Waals surface area contributed by atoms with Gasteiger partial charge in [-0.15, -0.1) is 0 Å². The third-order valence-corrected chi connectivity index (χ3v) is 2.57. The standard InChI is InChI=1S/C9H14N2O/c10-5-7-3-4-11(6-7)9(12)8-1-2-8/h5,8H,1-4,6,10H2/b7-5+. The highest BCUT2D eigenvalue weighted by Crippen LogP contribution is 2.32. The number of carbonyl (C=O) groups excluding carboxylic acids is 1. The van der Waals surface area contributed by atoms with Crippen LogP contribution >= 0.6 is 0 Å². The van der Waals surface area contributed by atoms with Crippen LogP contribution in [0.25, 0.3) is 0 Å². The molecule has 0 radical (unpaired) electrons. The van der Waals surface area contributed by atoms with E-state index in [0.29, 0.717) is 11.8 Å². The largest absolute Gasteiger partial charge is 0.405 e. The molecule has 0 spiro atoms. The summed E-state index contributed by atoms with van der Waals surface area (Å²) in [6, 6.07) is 0. The van der Waals surface area contributed by atoms with Crippen molar-refractivity contribution in [3.05, 3.63) is 11.8 Å². The highest BCUT2D eigenvalue weighted by Gasteiger charge is 2.34. The number of rotatable bonds is 1. The van der Waals surface area contributed by atoms with E-state index in [0.717, 1.165) is 32.4 Å². The summed E-state index contributed by atoms with van der Waals surface area (Å²) in [5.74, 6) is 0.689. The molecular formula is C9H14N2O. The van der Waals surface area contributed by atoms with Crippen molar-refractivity contribution in [2.24, 2.45) is 11.7 Å². The molecule has 1 heterocycles. The molecule has 0 bridgehead atoms. The van der Waals surface area contributed by atoms with Gasteiger partial charge in [-0.1, -0.05) is 0 Å². The van der Waals surface area contributed by atoms with Crippen LogP contribution in [0.1, 0.15) is 19.3 Å². The van der Waals surface area contributed by atoms with Crippen molar-refractivity contribution in [3.8, 4) is 0 Å². The fourth-order valence-corrected chi connectivity index (χ4v) is 1.59. The summed E-state index contributed by atoms with van der Waals surface area (Å²) in [6.07, 6.45) is 4.79. The van der Waals surface area contributed by atoms with Crippen LogP contribution in [0, 0.1) is 5.92 Å². The maximum atomic E-state index is 11.5.